The number of halogens is 1. The zero-order valence-electron chi connectivity index (χ0n) is 18.0. The van der Waals surface area contributed by atoms with E-state index in [4.69, 9.17) is 21.1 Å². The molecule has 2 heterocycles. The molecule has 3 aromatic rings. The van der Waals surface area contributed by atoms with Crippen molar-refractivity contribution in [2.45, 2.75) is 18.9 Å². The number of carbonyl (C=O) groups excluding carboxylic acids is 2. The molecule has 4 rings (SSSR count). The van der Waals surface area contributed by atoms with Crippen molar-refractivity contribution in [2.24, 2.45) is 0 Å². The van der Waals surface area contributed by atoms with Gasteiger partial charge in [0.25, 0.3) is 5.91 Å². The van der Waals surface area contributed by atoms with Crippen LogP contribution in [0, 0.1) is 0 Å². The van der Waals surface area contributed by atoms with Gasteiger partial charge in [0.2, 0.25) is 5.01 Å². The number of rotatable bonds is 6. The first kappa shape index (κ1) is 22.8. The third-order valence-electron chi connectivity index (χ3n) is 5.14. The Bertz CT molecular complexity index is 1130. The highest BCUT2D eigenvalue weighted by Crippen LogP contribution is 2.35. The first-order chi connectivity index (χ1) is 16.0. The predicted octanol–water partition coefficient (Wildman–Crippen LogP) is 4.83. The van der Waals surface area contributed by atoms with Gasteiger partial charge in [0.15, 0.2) is 0 Å². The molecular weight excluding hydrogens is 466 g/mol. The van der Waals surface area contributed by atoms with Gasteiger partial charge in [-0.15, -0.1) is 10.2 Å². The minimum absolute atomic E-state index is 0.227. The van der Waals surface area contributed by atoms with Crippen LogP contribution < -0.4 is 20.1 Å². The number of aromatic nitrogens is 2. The van der Waals surface area contributed by atoms with E-state index in [2.05, 4.69) is 20.8 Å². The van der Waals surface area contributed by atoms with E-state index in [0.717, 1.165) is 12.8 Å². The number of benzene rings is 2. The van der Waals surface area contributed by atoms with Gasteiger partial charge in [-0.1, -0.05) is 22.9 Å². The zero-order chi connectivity index (χ0) is 23.4. The summed E-state index contributed by atoms with van der Waals surface area (Å²) in [6, 6.07) is 11.4. The highest BCUT2D eigenvalue weighted by Gasteiger charge is 2.33. The predicted molar refractivity (Wildman–Crippen MR) is 127 cm³/mol. The average Bonchev–Trinajstić information content (AvgIpc) is 3.50. The molecule has 1 saturated heterocycles. The second-order valence-corrected chi connectivity index (χ2v) is 8.73. The molecule has 172 valence electrons. The lowest BCUT2D eigenvalue weighted by Gasteiger charge is -2.23. The molecule has 2 N–H and O–H groups in total. The molecule has 1 aliphatic rings. The molecule has 1 aliphatic heterocycles. The fraction of sp³-hybridized carbons (Fsp3) is 0.273. The molecule has 1 aromatic heterocycles. The molecule has 1 unspecified atom stereocenters. The molecule has 3 amide bonds. The normalized spacial score (nSPS) is 15.2. The average molecular weight is 488 g/mol. The summed E-state index contributed by atoms with van der Waals surface area (Å²) in [6.07, 6.45) is 1.56. The number of carbonyl (C=O) groups is 2. The molecular formula is C22H22ClN5O4S. The number of nitrogens with zero attached hydrogens (tertiary/aromatic N) is 3. The van der Waals surface area contributed by atoms with Crippen molar-refractivity contribution in [3.8, 4) is 11.5 Å². The van der Waals surface area contributed by atoms with E-state index in [9.17, 15) is 9.59 Å². The summed E-state index contributed by atoms with van der Waals surface area (Å²) < 4.78 is 10.5. The van der Waals surface area contributed by atoms with Gasteiger partial charge in [-0.3, -0.25) is 4.79 Å². The molecule has 0 bridgehead atoms. The Labute approximate surface area is 199 Å². The van der Waals surface area contributed by atoms with Crippen LogP contribution in [0.15, 0.2) is 42.5 Å². The van der Waals surface area contributed by atoms with Crippen LogP contribution in [0.3, 0.4) is 0 Å². The molecule has 1 atom stereocenters. The van der Waals surface area contributed by atoms with Gasteiger partial charge >= 0.3 is 6.03 Å². The summed E-state index contributed by atoms with van der Waals surface area (Å²) in [5.41, 5.74) is 1.17. The monoisotopic (exact) mass is 487 g/mol. The Hall–Kier alpha value is -3.37. The van der Waals surface area contributed by atoms with Crippen LogP contribution >= 0.6 is 22.9 Å². The zero-order valence-corrected chi connectivity index (χ0v) is 19.6. The van der Waals surface area contributed by atoms with Crippen molar-refractivity contribution in [1.82, 2.24) is 15.1 Å². The lowest BCUT2D eigenvalue weighted by molar-refractivity contribution is 0.102. The first-order valence-corrected chi connectivity index (χ1v) is 11.4. The molecule has 0 aliphatic carbocycles. The van der Waals surface area contributed by atoms with Crippen molar-refractivity contribution in [3.05, 3.63) is 57.5 Å². The van der Waals surface area contributed by atoms with Crippen molar-refractivity contribution in [1.29, 1.82) is 0 Å². The number of nitrogens with one attached hydrogen (secondary N) is 2. The summed E-state index contributed by atoms with van der Waals surface area (Å²) in [6.45, 7) is 0.573. The van der Waals surface area contributed by atoms with E-state index in [-0.39, 0.29) is 23.0 Å². The van der Waals surface area contributed by atoms with Gasteiger partial charge in [0.05, 0.1) is 20.3 Å². The van der Waals surface area contributed by atoms with Crippen LogP contribution in [0.5, 0.6) is 11.5 Å². The summed E-state index contributed by atoms with van der Waals surface area (Å²) in [5, 5.41) is 15.3. The minimum atomic E-state index is -0.362. The standard InChI is InChI=1S/C22H22ClN5O4S/c1-31-16-10-15(11-17(12-16)32-2)25-22(30)28-9-3-4-18(28)20-26-27-21(33-20)19(29)24-14-7-5-13(23)6-8-14/h5-8,10-12,18H,3-4,9H2,1-2H3,(H,24,29)(H,25,30). The Balaban J connectivity index is 1.45. The molecule has 33 heavy (non-hydrogen) atoms. The van der Waals surface area contributed by atoms with E-state index < -0.39 is 0 Å². The quantitative estimate of drug-likeness (QED) is 0.516. The maximum Gasteiger partial charge on any atom is 0.322 e. The summed E-state index contributed by atoms with van der Waals surface area (Å²) in [5.74, 6) is 0.782. The van der Waals surface area contributed by atoms with E-state index in [1.165, 1.54) is 11.3 Å². The van der Waals surface area contributed by atoms with Crippen molar-refractivity contribution in [3.63, 3.8) is 0 Å². The summed E-state index contributed by atoms with van der Waals surface area (Å²) in [7, 11) is 3.10. The summed E-state index contributed by atoms with van der Waals surface area (Å²) in [4.78, 5) is 27.3. The number of urea groups is 1. The Morgan fingerprint density at radius 3 is 2.39 bits per heavy atom. The smallest absolute Gasteiger partial charge is 0.322 e. The SMILES string of the molecule is COc1cc(NC(=O)N2CCCC2c2nnc(C(=O)Nc3ccc(Cl)cc3)s2)cc(OC)c1. The summed E-state index contributed by atoms with van der Waals surface area (Å²) >= 11 is 7.06. The lowest BCUT2D eigenvalue weighted by Crippen LogP contribution is -2.34. The highest BCUT2D eigenvalue weighted by molar-refractivity contribution is 7.13. The van der Waals surface area contributed by atoms with Crippen LogP contribution in [0.1, 0.15) is 33.7 Å². The second-order valence-electron chi connectivity index (χ2n) is 7.29. The third-order valence-corrected chi connectivity index (χ3v) is 6.41. The molecule has 0 saturated carbocycles. The van der Waals surface area contributed by atoms with E-state index >= 15 is 0 Å². The van der Waals surface area contributed by atoms with Crippen LogP contribution in [0.25, 0.3) is 0 Å². The molecule has 0 radical (unpaired) electrons. The number of anilines is 2. The fourth-order valence-electron chi connectivity index (χ4n) is 3.52. The number of ether oxygens (including phenoxy) is 2. The van der Waals surface area contributed by atoms with Gasteiger partial charge in [-0.2, -0.15) is 0 Å². The van der Waals surface area contributed by atoms with E-state index in [1.54, 1.807) is 61.6 Å². The number of amides is 3. The Morgan fingerprint density at radius 1 is 1.03 bits per heavy atom. The van der Waals surface area contributed by atoms with Crippen LogP contribution in [0.4, 0.5) is 16.2 Å². The lowest BCUT2D eigenvalue weighted by atomic mass is 10.2. The van der Waals surface area contributed by atoms with E-state index in [1.807, 2.05) is 0 Å². The van der Waals surface area contributed by atoms with Gasteiger partial charge in [0, 0.05) is 41.1 Å². The van der Waals surface area contributed by atoms with E-state index in [0.29, 0.717) is 39.4 Å². The third kappa shape index (κ3) is 5.35. The Kier molecular flexibility index (Phi) is 6.95. The van der Waals surface area contributed by atoms with Gasteiger partial charge in [-0.25, -0.2) is 4.79 Å². The fourth-order valence-corrected chi connectivity index (χ4v) is 4.53. The number of hydrogen-bond donors (Lipinski definition) is 2. The van der Waals surface area contributed by atoms with Crippen LogP contribution in [0.2, 0.25) is 5.02 Å². The Morgan fingerprint density at radius 2 is 1.73 bits per heavy atom. The molecule has 0 spiro atoms. The molecule has 11 heteroatoms. The van der Waals surface area contributed by atoms with Crippen molar-refractivity contribution < 1.29 is 19.1 Å². The number of likely N-dealkylation sites (tertiary alicyclic amines) is 1. The van der Waals surface area contributed by atoms with Crippen molar-refractivity contribution >= 4 is 46.3 Å². The molecule has 1 fully saturated rings. The van der Waals surface area contributed by atoms with Crippen molar-refractivity contribution in [2.75, 3.05) is 31.4 Å². The van der Waals surface area contributed by atoms with Gasteiger partial charge in [-0.05, 0) is 37.1 Å². The molecule has 9 nitrogen and oxygen atoms in total. The maximum atomic E-state index is 13.0. The van der Waals surface area contributed by atoms with Crippen LogP contribution in [-0.4, -0.2) is 47.8 Å². The first-order valence-electron chi connectivity index (χ1n) is 10.2. The van der Waals surface area contributed by atoms with Gasteiger partial charge < -0.3 is 25.0 Å². The largest absolute Gasteiger partial charge is 0.497 e. The highest BCUT2D eigenvalue weighted by atomic mass is 35.5. The maximum absolute atomic E-state index is 13.0. The van der Waals surface area contributed by atoms with Crippen LogP contribution in [-0.2, 0) is 0 Å². The molecule has 2 aromatic carbocycles. The number of methoxy groups -OCH3 is 2. The topological polar surface area (TPSA) is 106 Å². The number of hydrogen-bond acceptors (Lipinski definition) is 7. The van der Waals surface area contributed by atoms with Gasteiger partial charge in [0.1, 0.15) is 16.5 Å². The minimum Gasteiger partial charge on any atom is -0.497 e. The second kappa shape index (κ2) is 10.1.